The van der Waals surface area contributed by atoms with Gasteiger partial charge in [-0.1, -0.05) is 25.1 Å². The molecule has 186 valence electrons. The summed E-state index contributed by atoms with van der Waals surface area (Å²) >= 11 is 0. The number of anilines is 2. The number of para-hydroxylation sites is 1. The first kappa shape index (κ1) is 25.9. The molecule has 1 atom stereocenters. The zero-order chi connectivity index (χ0) is 25.2. The Morgan fingerprint density at radius 2 is 1.80 bits per heavy atom. The lowest BCUT2D eigenvalue weighted by Crippen LogP contribution is -2.57. The van der Waals surface area contributed by atoms with E-state index in [1.807, 2.05) is 44.2 Å². The average molecular weight is 481 g/mol. The van der Waals surface area contributed by atoms with E-state index in [-0.39, 0.29) is 30.7 Å². The fourth-order valence-corrected chi connectivity index (χ4v) is 3.89. The Morgan fingerprint density at radius 3 is 2.46 bits per heavy atom. The van der Waals surface area contributed by atoms with E-state index in [2.05, 4.69) is 10.6 Å². The van der Waals surface area contributed by atoms with E-state index < -0.39 is 12.0 Å². The number of carbonyl (C=O) groups is 4. The maximum absolute atomic E-state index is 12.9. The first-order valence-corrected chi connectivity index (χ1v) is 11.9. The van der Waals surface area contributed by atoms with Gasteiger partial charge in [-0.15, -0.1) is 0 Å². The third kappa shape index (κ3) is 7.13. The first-order valence-electron chi connectivity index (χ1n) is 11.9. The lowest BCUT2D eigenvalue weighted by molar-refractivity contribution is -0.148. The van der Waals surface area contributed by atoms with E-state index in [0.29, 0.717) is 43.9 Å². The van der Waals surface area contributed by atoms with Crippen LogP contribution in [0.25, 0.3) is 0 Å². The highest BCUT2D eigenvalue weighted by atomic mass is 16.5. The fourth-order valence-electron chi connectivity index (χ4n) is 3.89. The summed E-state index contributed by atoms with van der Waals surface area (Å²) in [6, 6.07) is 15.4. The number of esters is 1. The Labute approximate surface area is 205 Å². The van der Waals surface area contributed by atoms with Crippen molar-refractivity contribution in [2.75, 3.05) is 43.0 Å². The predicted octanol–water partition coefficient (Wildman–Crippen LogP) is 2.44. The maximum Gasteiger partial charge on any atom is 0.307 e. The van der Waals surface area contributed by atoms with Gasteiger partial charge < -0.3 is 20.3 Å². The van der Waals surface area contributed by atoms with Crippen molar-refractivity contribution in [3.05, 3.63) is 60.2 Å². The van der Waals surface area contributed by atoms with Gasteiger partial charge in [-0.25, -0.2) is 0 Å². The molecule has 0 bridgehead atoms. The molecule has 2 aromatic carbocycles. The highest BCUT2D eigenvalue weighted by molar-refractivity contribution is 6.06. The molecule has 9 heteroatoms. The van der Waals surface area contributed by atoms with E-state index in [1.165, 1.54) is 0 Å². The molecule has 1 aliphatic heterocycles. The van der Waals surface area contributed by atoms with Gasteiger partial charge in [-0.05, 0) is 49.7 Å². The standard InChI is InChI=1S/C26H32N4O5/c1-3-16-35-24(32)17-22-25(33)27-14-15-29(22)18-23(31)28-20-12-10-19(11-13-20)26(34)30(4-2)21-8-6-5-7-9-21/h5-13,22H,3-4,14-18H2,1-2H3,(H,27,33)(H,28,31). The molecule has 1 fully saturated rings. The van der Waals surface area contributed by atoms with Crippen LogP contribution in [-0.4, -0.2) is 67.4 Å². The summed E-state index contributed by atoms with van der Waals surface area (Å²) in [5, 5.41) is 5.53. The molecule has 9 nitrogen and oxygen atoms in total. The summed E-state index contributed by atoms with van der Waals surface area (Å²) in [7, 11) is 0. The summed E-state index contributed by atoms with van der Waals surface area (Å²) in [5.74, 6) is -1.20. The number of carbonyl (C=O) groups excluding carboxylic acids is 4. The van der Waals surface area contributed by atoms with Gasteiger partial charge in [0.25, 0.3) is 5.91 Å². The van der Waals surface area contributed by atoms with Crippen molar-refractivity contribution < 1.29 is 23.9 Å². The van der Waals surface area contributed by atoms with Gasteiger partial charge in [0.05, 0.1) is 19.6 Å². The van der Waals surface area contributed by atoms with E-state index in [1.54, 1.807) is 34.1 Å². The molecule has 0 aliphatic carbocycles. The SMILES string of the molecule is CCCOC(=O)CC1C(=O)NCCN1CC(=O)Nc1ccc(C(=O)N(CC)c2ccccc2)cc1. The molecule has 2 N–H and O–H groups in total. The molecular weight excluding hydrogens is 448 g/mol. The zero-order valence-corrected chi connectivity index (χ0v) is 20.2. The Hall–Kier alpha value is -3.72. The Balaban J connectivity index is 1.59. The zero-order valence-electron chi connectivity index (χ0n) is 20.2. The summed E-state index contributed by atoms with van der Waals surface area (Å²) in [4.78, 5) is 53.3. The van der Waals surface area contributed by atoms with Crippen molar-refractivity contribution in [2.24, 2.45) is 0 Å². The molecule has 1 unspecified atom stereocenters. The smallest absolute Gasteiger partial charge is 0.307 e. The van der Waals surface area contributed by atoms with Gasteiger partial charge in [0.15, 0.2) is 0 Å². The molecule has 3 amide bonds. The van der Waals surface area contributed by atoms with Crippen LogP contribution in [0, 0.1) is 0 Å². The number of hydrogen-bond acceptors (Lipinski definition) is 6. The van der Waals surface area contributed by atoms with Gasteiger partial charge in [0, 0.05) is 36.6 Å². The average Bonchev–Trinajstić information content (AvgIpc) is 2.86. The van der Waals surface area contributed by atoms with Crippen molar-refractivity contribution in [2.45, 2.75) is 32.7 Å². The molecule has 0 aromatic heterocycles. The van der Waals surface area contributed by atoms with E-state index in [9.17, 15) is 19.2 Å². The minimum absolute atomic E-state index is 0.0442. The fraction of sp³-hybridized carbons (Fsp3) is 0.385. The van der Waals surface area contributed by atoms with Gasteiger partial charge >= 0.3 is 5.97 Å². The maximum atomic E-state index is 12.9. The van der Waals surface area contributed by atoms with Crippen LogP contribution >= 0.6 is 0 Å². The molecule has 0 saturated carbocycles. The van der Waals surface area contributed by atoms with Crippen LogP contribution in [-0.2, 0) is 19.1 Å². The molecule has 0 radical (unpaired) electrons. The normalized spacial score (nSPS) is 15.7. The van der Waals surface area contributed by atoms with Crippen molar-refractivity contribution in [3.63, 3.8) is 0 Å². The molecule has 1 aliphatic rings. The first-order chi connectivity index (χ1) is 16.9. The van der Waals surface area contributed by atoms with Gasteiger partial charge in [-0.2, -0.15) is 0 Å². The van der Waals surface area contributed by atoms with Gasteiger partial charge in [-0.3, -0.25) is 24.1 Å². The molecule has 0 spiro atoms. The van der Waals surface area contributed by atoms with Crippen molar-refractivity contribution >= 4 is 35.1 Å². The van der Waals surface area contributed by atoms with Crippen LogP contribution in [0.4, 0.5) is 11.4 Å². The highest BCUT2D eigenvalue weighted by Crippen LogP contribution is 2.18. The number of rotatable bonds is 10. The molecule has 1 saturated heterocycles. The van der Waals surface area contributed by atoms with Crippen LogP contribution in [0.5, 0.6) is 0 Å². The quantitative estimate of drug-likeness (QED) is 0.506. The number of nitrogens with one attached hydrogen (secondary N) is 2. The molecule has 3 rings (SSSR count). The number of benzene rings is 2. The summed E-state index contributed by atoms with van der Waals surface area (Å²) in [6.45, 7) is 5.44. The van der Waals surface area contributed by atoms with Crippen LogP contribution in [0.3, 0.4) is 0 Å². The third-order valence-corrected chi connectivity index (χ3v) is 5.66. The minimum atomic E-state index is -0.753. The van der Waals surface area contributed by atoms with Gasteiger partial charge in [0.2, 0.25) is 11.8 Å². The van der Waals surface area contributed by atoms with Crippen LogP contribution in [0.1, 0.15) is 37.0 Å². The lowest BCUT2D eigenvalue weighted by Gasteiger charge is -2.33. The van der Waals surface area contributed by atoms with E-state index in [0.717, 1.165) is 5.69 Å². The topological polar surface area (TPSA) is 108 Å². The van der Waals surface area contributed by atoms with Crippen molar-refractivity contribution in [3.8, 4) is 0 Å². The number of nitrogens with zero attached hydrogens (tertiary/aromatic N) is 2. The van der Waals surface area contributed by atoms with Crippen molar-refractivity contribution in [1.82, 2.24) is 10.2 Å². The molecule has 2 aromatic rings. The number of hydrogen-bond donors (Lipinski definition) is 2. The summed E-state index contributed by atoms with van der Waals surface area (Å²) in [6.07, 6.45) is 0.590. The second kappa shape index (κ2) is 12.7. The Kier molecular flexibility index (Phi) is 9.37. The highest BCUT2D eigenvalue weighted by Gasteiger charge is 2.33. The summed E-state index contributed by atoms with van der Waals surface area (Å²) in [5.41, 5.74) is 1.86. The van der Waals surface area contributed by atoms with E-state index >= 15 is 0 Å². The monoisotopic (exact) mass is 480 g/mol. The largest absolute Gasteiger partial charge is 0.466 e. The van der Waals surface area contributed by atoms with E-state index in [4.69, 9.17) is 4.74 Å². The second-order valence-corrected chi connectivity index (χ2v) is 8.21. The Bertz CT molecular complexity index is 1030. The van der Waals surface area contributed by atoms with Crippen molar-refractivity contribution in [1.29, 1.82) is 0 Å². The van der Waals surface area contributed by atoms with Crippen LogP contribution in [0.2, 0.25) is 0 Å². The number of piperazine rings is 1. The summed E-state index contributed by atoms with van der Waals surface area (Å²) < 4.78 is 5.10. The Morgan fingerprint density at radius 1 is 1.09 bits per heavy atom. The van der Waals surface area contributed by atoms with Crippen LogP contribution in [0.15, 0.2) is 54.6 Å². The number of amides is 3. The number of ether oxygens (including phenoxy) is 1. The van der Waals surface area contributed by atoms with Crippen LogP contribution < -0.4 is 15.5 Å². The predicted molar refractivity (Wildman–Crippen MR) is 133 cm³/mol. The minimum Gasteiger partial charge on any atom is -0.466 e. The third-order valence-electron chi connectivity index (χ3n) is 5.66. The molecule has 35 heavy (non-hydrogen) atoms. The lowest BCUT2D eigenvalue weighted by atomic mass is 10.1. The molecule has 1 heterocycles. The molecular formula is C26H32N4O5. The second-order valence-electron chi connectivity index (χ2n) is 8.21. The van der Waals surface area contributed by atoms with Gasteiger partial charge in [0.1, 0.15) is 6.04 Å².